The summed E-state index contributed by atoms with van der Waals surface area (Å²) in [6.07, 6.45) is 8.76. The van der Waals surface area contributed by atoms with Crippen LogP contribution in [0.3, 0.4) is 0 Å². The number of hydrogen-bond acceptors (Lipinski definition) is 0. The fourth-order valence-electron chi connectivity index (χ4n) is 5.75. The Bertz CT molecular complexity index is 1330. The predicted molar refractivity (Wildman–Crippen MR) is 125 cm³/mol. The first-order chi connectivity index (χ1) is 15.0. The molecule has 0 amide bonds. The molecular weight excluding hydrogens is 386 g/mol. The molecule has 0 saturated heterocycles. The number of benzene rings is 4. The third-order valence-corrected chi connectivity index (χ3v) is 7.31. The van der Waals surface area contributed by atoms with Crippen molar-refractivity contribution in [1.82, 2.24) is 0 Å². The molecule has 6 rings (SSSR count). The van der Waals surface area contributed by atoms with Crippen LogP contribution < -0.4 is 0 Å². The summed E-state index contributed by atoms with van der Waals surface area (Å²) in [6.45, 7) is 4.53. The van der Waals surface area contributed by atoms with Crippen LogP contribution in [0, 0.1) is 17.0 Å². The first-order valence-corrected chi connectivity index (χ1v) is 10.8. The van der Waals surface area contributed by atoms with Crippen molar-refractivity contribution in [2.45, 2.75) is 25.7 Å². The average Bonchev–Trinajstić information content (AvgIpc) is 2.78. The molecule has 2 heteroatoms. The van der Waals surface area contributed by atoms with Gasteiger partial charge in [0, 0.05) is 22.6 Å². The van der Waals surface area contributed by atoms with Gasteiger partial charge in [-0.05, 0) is 50.6 Å². The first-order valence-electron chi connectivity index (χ1n) is 10.8. The molecule has 0 spiro atoms. The van der Waals surface area contributed by atoms with Crippen molar-refractivity contribution < 1.29 is 8.78 Å². The maximum absolute atomic E-state index is 14.6. The van der Waals surface area contributed by atoms with Crippen LogP contribution in [0.25, 0.3) is 33.7 Å². The fraction of sp³-hybridized carbons (Fsp3) is 0.172. The third-order valence-electron chi connectivity index (χ3n) is 7.31. The molecule has 2 aliphatic rings. The molecule has 0 saturated carbocycles. The van der Waals surface area contributed by atoms with Crippen molar-refractivity contribution >= 4 is 33.7 Å². The molecule has 152 valence electrons. The van der Waals surface area contributed by atoms with Gasteiger partial charge in [-0.3, -0.25) is 0 Å². The summed E-state index contributed by atoms with van der Waals surface area (Å²) < 4.78 is 29.1. The molecule has 2 unspecified atom stereocenters. The van der Waals surface area contributed by atoms with Crippen molar-refractivity contribution in [3.8, 4) is 0 Å². The SMILES string of the molecule is CC(C)(C1C=Cc2ccc(F)c3cccc1c23)C1C=Cc2ccc(F)c3cccc1c23. The van der Waals surface area contributed by atoms with E-state index in [1.54, 1.807) is 12.1 Å². The van der Waals surface area contributed by atoms with E-state index in [0.717, 1.165) is 33.0 Å². The van der Waals surface area contributed by atoms with Gasteiger partial charge < -0.3 is 0 Å². The lowest BCUT2D eigenvalue weighted by Gasteiger charge is -2.42. The van der Waals surface area contributed by atoms with Crippen molar-refractivity contribution in [3.63, 3.8) is 0 Å². The standard InChI is InChI=1S/C29H22F2/c1-29(2,23-13-9-17-11-15-25(30)21-7-3-5-19(23)27(17)21)24-14-10-18-12-16-26(31)22-8-4-6-20(24)28(18)22/h3-16,23-24H,1-2H3. The average molecular weight is 408 g/mol. The van der Waals surface area contributed by atoms with Gasteiger partial charge in [0.2, 0.25) is 0 Å². The molecule has 0 aromatic heterocycles. The highest BCUT2D eigenvalue weighted by Gasteiger charge is 2.40. The Labute approximate surface area is 180 Å². The maximum Gasteiger partial charge on any atom is 0.131 e. The van der Waals surface area contributed by atoms with Crippen LogP contribution in [0.2, 0.25) is 0 Å². The normalized spacial score (nSPS) is 19.4. The smallest absolute Gasteiger partial charge is 0.131 e. The summed E-state index contributed by atoms with van der Waals surface area (Å²) >= 11 is 0. The van der Waals surface area contributed by atoms with Gasteiger partial charge in [0.25, 0.3) is 0 Å². The molecule has 0 aliphatic heterocycles. The lowest BCUT2D eigenvalue weighted by atomic mass is 9.61. The van der Waals surface area contributed by atoms with E-state index < -0.39 is 0 Å². The van der Waals surface area contributed by atoms with Gasteiger partial charge >= 0.3 is 0 Å². The number of allylic oxidation sites excluding steroid dienone is 2. The van der Waals surface area contributed by atoms with Gasteiger partial charge in [0.15, 0.2) is 0 Å². The Hall–Kier alpha value is -3.26. The second-order valence-electron chi connectivity index (χ2n) is 9.31. The highest BCUT2D eigenvalue weighted by molar-refractivity contribution is 5.97. The summed E-state index contributed by atoms with van der Waals surface area (Å²) in [7, 11) is 0. The molecule has 0 fully saturated rings. The molecule has 2 aliphatic carbocycles. The lowest BCUT2D eigenvalue weighted by molar-refractivity contribution is 0.289. The summed E-state index contributed by atoms with van der Waals surface area (Å²) in [5, 5.41) is 3.36. The van der Waals surface area contributed by atoms with Crippen LogP contribution in [0.4, 0.5) is 8.78 Å². The Morgan fingerprint density at radius 1 is 0.613 bits per heavy atom. The van der Waals surface area contributed by atoms with Crippen LogP contribution in [0.5, 0.6) is 0 Å². The van der Waals surface area contributed by atoms with Crippen molar-refractivity contribution in [3.05, 3.63) is 107 Å². The Morgan fingerprint density at radius 3 is 1.52 bits per heavy atom. The van der Waals surface area contributed by atoms with Gasteiger partial charge in [-0.25, -0.2) is 8.78 Å². The summed E-state index contributed by atoms with van der Waals surface area (Å²) in [5.74, 6) is -0.158. The molecule has 0 N–H and O–H groups in total. The predicted octanol–water partition coefficient (Wildman–Crippen LogP) is 8.22. The maximum atomic E-state index is 14.6. The Kier molecular flexibility index (Phi) is 3.80. The zero-order valence-corrected chi connectivity index (χ0v) is 17.5. The minimum atomic E-state index is -0.205. The summed E-state index contributed by atoms with van der Waals surface area (Å²) in [5.41, 5.74) is 4.24. The summed E-state index contributed by atoms with van der Waals surface area (Å²) in [6, 6.07) is 18.7. The van der Waals surface area contributed by atoms with Gasteiger partial charge in [-0.1, -0.05) is 86.7 Å². The molecule has 0 heterocycles. The second-order valence-corrected chi connectivity index (χ2v) is 9.31. The second kappa shape index (κ2) is 6.37. The molecular formula is C29H22F2. The Morgan fingerprint density at radius 2 is 1.06 bits per heavy atom. The van der Waals surface area contributed by atoms with Crippen molar-refractivity contribution in [1.29, 1.82) is 0 Å². The van der Waals surface area contributed by atoms with E-state index in [0.29, 0.717) is 10.8 Å². The number of rotatable bonds is 2. The molecule has 0 bridgehead atoms. The van der Waals surface area contributed by atoms with E-state index >= 15 is 0 Å². The summed E-state index contributed by atoms with van der Waals surface area (Å²) in [4.78, 5) is 0. The topological polar surface area (TPSA) is 0 Å². The number of hydrogen-bond donors (Lipinski definition) is 0. The highest BCUT2D eigenvalue weighted by Crippen LogP contribution is 2.54. The Balaban J connectivity index is 1.55. The van der Waals surface area contributed by atoms with Gasteiger partial charge in [0.1, 0.15) is 11.6 Å². The van der Waals surface area contributed by atoms with Crippen LogP contribution in [-0.4, -0.2) is 0 Å². The fourth-order valence-corrected chi connectivity index (χ4v) is 5.75. The van der Waals surface area contributed by atoms with Gasteiger partial charge in [0.05, 0.1) is 0 Å². The van der Waals surface area contributed by atoms with Crippen LogP contribution >= 0.6 is 0 Å². The van der Waals surface area contributed by atoms with Crippen LogP contribution in [-0.2, 0) is 0 Å². The van der Waals surface area contributed by atoms with E-state index in [-0.39, 0.29) is 28.9 Å². The molecule has 0 nitrogen and oxygen atoms in total. The minimum absolute atomic E-state index is 0.102. The van der Waals surface area contributed by atoms with E-state index in [2.05, 4.69) is 50.3 Å². The van der Waals surface area contributed by atoms with Gasteiger partial charge in [-0.15, -0.1) is 0 Å². The monoisotopic (exact) mass is 408 g/mol. The molecule has 4 aromatic carbocycles. The van der Waals surface area contributed by atoms with Crippen LogP contribution in [0.15, 0.2) is 72.8 Å². The van der Waals surface area contributed by atoms with Crippen molar-refractivity contribution in [2.24, 2.45) is 5.41 Å². The zero-order valence-electron chi connectivity index (χ0n) is 17.5. The van der Waals surface area contributed by atoms with Gasteiger partial charge in [-0.2, -0.15) is 0 Å². The third kappa shape index (κ3) is 2.51. The molecule has 31 heavy (non-hydrogen) atoms. The van der Waals surface area contributed by atoms with E-state index in [4.69, 9.17) is 0 Å². The van der Waals surface area contributed by atoms with E-state index in [1.165, 1.54) is 0 Å². The first kappa shape index (κ1) is 18.5. The quantitative estimate of drug-likeness (QED) is 0.313. The van der Waals surface area contributed by atoms with E-state index in [9.17, 15) is 8.78 Å². The molecule has 4 aromatic rings. The zero-order chi connectivity index (χ0) is 21.3. The molecule has 0 radical (unpaired) electrons. The van der Waals surface area contributed by atoms with Crippen LogP contribution in [0.1, 0.15) is 47.9 Å². The largest absolute Gasteiger partial charge is 0.206 e. The van der Waals surface area contributed by atoms with E-state index in [1.807, 2.05) is 36.4 Å². The number of halogens is 2. The molecule has 2 atom stereocenters. The van der Waals surface area contributed by atoms with Crippen molar-refractivity contribution in [2.75, 3.05) is 0 Å². The lowest BCUT2D eigenvalue weighted by Crippen LogP contribution is -2.29. The highest BCUT2D eigenvalue weighted by atomic mass is 19.1. The minimum Gasteiger partial charge on any atom is -0.206 e.